The van der Waals surface area contributed by atoms with Gasteiger partial charge in [0.25, 0.3) is 0 Å². The number of anilines is 2. The molecule has 1 fully saturated rings. The summed E-state index contributed by atoms with van der Waals surface area (Å²) in [5, 5.41) is 3.59. The van der Waals surface area contributed by atoms with Crippen LogP contribution in [0.3, 0.4) is 0 Å². The van der Waals surface area contributed by atoms with Crippen molar-refractivity contribution in [2.75, 3.05) is 28.9 Å². The number of sulfonamides is 1. The van der Waals surface area contributed by atoms with E-state index in [0.717, 1.165) is 6.07 Å². The smallest absolute Gasteiger partial charge is 0.410 e. The molecule has 2 aromatic heterocycles. The molecule has 0 saturated carbocycles. The number of hydrogen-bond donors (Lipinski definition) is 2. The number of pyridine rings is 1. The number of nitrogens with zero attached hydrogens (tertiary/aromatic N) is 4. The summed E-state index contributed by atoms with van der Waals surface area (Å²) in [5.41, 5.74) is 0.315. The number of aromatic nitrogens is 3. The summed E-state index contributed by atoms with van der Waals surface area (Å²) in [6, 6.07) is 10.1. The maximum absolute atomic E-state index is 15.0. The second kappa shape index (κ2) is 14.2. The van der Waals surface area contributed by atoms with Gasteiger partial charge in [-0.15, -0.1) is 0 Å². The fourth-order valence-corrected chi connectivity index (χ4v) is 6.61. The van der Waals surface area contributed by atoms with Crippen molar-refractivity contribution < 1.29 is 40.2 Å². The molecule has 0 radical (unpaired) electrons. The van der Waals surface area contributed by atoms with Crippen molar-refractivity contribution in [2.24, 2.45) is 0 Å². The quantitative estimate of drug-likeness (QED) is 0.160. The fraction of sp³-hybridized carbons (Fsp3) is 0.412. The Morgan fingerprint density at radius 3 is 2.48 bits per heavy atom. The number of piperidine rings is 1. The number of fused-ring (bicyclic) bond motifs is 1. The zero-order valence-electron chi connectivity index (χ0n) is 28.1. The number of benzene rings is 2. The van der Waals surface area contributed by atoms with E-state index in [1.807, 2.05) is 0 Å². The van der Waals surface area contributed by atoms with Gasteiger partial charge >= 0.3 is 6.09 Å². The van der Waals surface area contributed by atoms with E-state index in [1.54, 1.807) is 52.0 Å². The summed E-state index contributed by atoms with van der Waals surface area (Å²) in [7, 11) is -4.33. The summed E-state index contributed by atoms with van der Waals surface area (Å²) >= 11 is 0. The third kappa shape index (κ3) is 9.28. The van der Waals surface area contributed by atoms with Crippen LogP contribution in [0.2, 0.25) is 0 Å². The van der Waals surface area contributed by atoms with Gasteiger partial charge in [-0.1, -0.05) is 12.1 Å². The van der Waals surface area contributed by atoms with Gasteiger partial charge in [-0.25, -0.2) is 45.7 Å². The van der Waals surface area contributed by atoms with E-state index < -0.39 is 63.5 Å². The molecule has 1 amide bonds. The van der Waals surface area contributed by atoms with Gasteiger partial charge in [0.15, 0.2) is 0 Å². The molecule has 1 saturated heterocycles. The molecule has 2 atom stereocenters. The Labute approximate surface area is 287 Å². The van der Waals surface area contributed by atoms with Gasteiger partial charge < -0.3 is 19.7 Å². The Kier molecular flexibility index (Phi) is 10.4. The maximum Gasteiger partial charge on any atom is 0.410 e. The molecule has 2 aromatic carbocycles. The van der Waals surface area contributed by atoms with Crippen molar-refractivity contribution in [1.29, 1.82) is 0 Å². The monoisotopic (exact) mass is 718 g/mol. The summed E-state index contributed by atoms with van der Waals surface area (Å²) in [5.74, 6) is -4.50. The third-order valence-corrected chi connectivity index (χ3v) is 8.91. The van der Waals surface area contributed by atoms with E-state index in [0.29, 0.717) is 29.1 Å². The number of likely N-dealkylation sites (tertiary alicyclic amines) is 1. The van der Waals surface area contributed by atoms with E-state index in [1.165, 1.54) is 29.4 Å². The number of ether oxygens (including phenoxy) is 2. The van der Waals surface area contributed by atoms with Crippen LogP contribution < -0.4 is 14.8 Å². The second-order valence-corrected chi connectivity index (χ2v) is 15.1. The van der Waals surface area contributed by atoms with Crippen LogP contribution in [0.5, 0.6) is 11.6 Å². The van der Waals surface area contributed by atoms with Gasteiger partial charge in [0, 0.05) is 48.6 Å². The fourth-order valence-electron chi connectivity index (χ4n) is 5.36. The van der Waals surface area contributed by atoms with Gasteiger partial charge in [-0.3, -0.25) is 4.72 Å². The molecule has 268 valence electrons. The van der Waals surface area contributed by atoms with Crippen molar-refractivity contribution in [2.45, 2.75) is 71.2 Å². The Hall–Kier alpha value is -4.73. The molecule has 1 aliphatic rings. The molecule has 4 aromatic rings. The molecule has 0 spiro atoms. The maximum atomic E-state index is 15.0. The third-order valence-electron chi connectivity index (χ3n) is 7.65. The number of hydrogen-bond acceptors (Lipinski definition) is 9. The molecule has 0 bridgehead atoms. The molecule has 16 heteroatoms. The van der Waals surface area contributed by atoms with Crippen molar-refractivity contribution in [1.82, 2.24) is 19.9 Å². The molecule has 2 N–H and O–H groups in total. The van der Waals surface area contributed by atoms with Crippen LogP contribution in [0.4, 0.5) is 34.0 Å². The predicted octanol–water partition coefficient (Wildman–Crippen LogP) is 7.48. The van der Waals surface area contributed by atoms with Gasteiger partial charge in [0.2, 0.25) is 27.8 Å². The lowest BCUT2D eigenvalue weighted by molar-refractivity contribution is 0.0123. The predicted molar refractivity (Wildman–Crippen MR) is 181 cm³/mol. The minimum atomic E-state index is -4.33. The van der Waals surface area contributed by atoms with Crippen LogP contribution in [0.25, 0.3) is 22.0 Å². The summed E-state index contributed by atoms with van der Waals surface area (Å²) in [6.07, 6.45) is 0.281. The van der Waals surface area contributed by atoms with Gasteiger partial charge in [-0.2, -0.15) is 0 Å². The van der Waals surface area contributed by atoms with Gasteiger partial charge in [-0.05, 0) is 70.5 Å². The average Bonchev–Trinajstić information content (AvgIpc) is 3.02. The topological polar surface area (TPSA) is 136 Å². The first-order chi connectivity index (χ1) is 23.4. The lowest BCUT2D eigenvalue weighted by atomic mass is 10.0. The zero-order chi connectivity index (χ0) is 36.4. The Balaban J connectivity index is 1.41. The standard InChI is InChI=1S/C34H38F4N6O5S/c1-20-8-9-23-24(10-11-26(36)28(23)43-50(46,47)16-13-34(5,37)38)29(20)48-30-25(7-6-14-39-30)27-12-15-40-31(42-27)41-22-17-21(35)18-44(19-22)32(45)49-33(2,3)4/h6-12,14-15,21-22,43H,13,16-19H2,1-5H3,(H,40,41,42). The number of nitrogens with one attached hydrogen (secondary N) is 2. The summed E-state index contributed by atoms with van der Waals surface area (Å²) in [4.78, 5) is 27.2. The van der Waals surface area contributed by atoms with E-state index in [2.05, 4.69) is 25.0 Å². The number of carbonyl (C=O) groups excluding carboxylic acids is 1. The first-order valence-electron chi connectivity index (χ1n) is 15.8. The molecule has 2 unspecified atom stereocenters. The van der Waals surface area contributed by atoms with Crippen LogP contribution in [-0.2, 0) is 14.8 Å². The van der Waals surface area contributed by atoms with Crippen LogP contribution in [-0.4, -0.2) is 76.9 Å². The van der Waals surface area contributed by atoms with E-state index in [-0.39, 0.29) is 42.5 Å². The number of halogens is 4. The molecule has 0 aliphatic carbocycles. The Morgan fingerprint density at radius 1 is 1.02 bits per heavy atom. The van der Waals surface area contributed by atoms with Crippen LogP contribution >= 0.6 is 0 Å². The van der Waals surface area contributed by atoms with E-state index >= 15 is 4.39 Å². The molecule has 5 rings (SSSR count). The molecule has 11 nitrogen and oxygen atoms in total. The minimum absolute atomic E-state index is 0.0876. The zero-order valence-corrected chi connectivity index (χ0v) is 29.0. The van der Waals surface area contributed by atoms with Crippen LogP contribution in [0.1, 0.15) is 46.1 Å². The first-order valence-corrected chi connectivity index (χ1v) is 17.5. The van der Waals surface area contributed by atoms with Gasteiger partial charge in [0.1, 0.15) is 23.3 Å². The molecular weight excluding hydrogens is 680 g/mol. The van der Waals surface area contributed by atoms with Crippen molar-refractivity contribution in [3.8, 4) is 22.9 Å². The Bertz CT molecular complexity index is 1990. The van der Waals surface area contributed by atoms with Crippen molar-refractivity contribution >= 4 is 38.5 Å². The number of aryl methyl sites for hydroxylation is 1. The highest BCUT2D eigenvalue weighted by molar-refractivity contribution is 7.92. The summed E-state index contributed by atoms with van der Waals surface area (Å²) in [6.45, 7) is 7.64. The molecule has 1 aliphatic heterocycles. The van der Waals surface area contributed by atoms with E-state index in [4.69, 9.17) is 9.47 Å². The number of carbonyl (C=O) groups is 1. The summed E-state index contributed by atoms with van der Waals surface area (Å²) < 4.78 is 95.6. The number of rotatable bonds is 10. The highest BCUT2D eigenvalue weighted by atomic mass is 32.2. The highest BCUT2D eigenvalue weighted by Crippen LogP contribution is 2.40. The SMILES string of the molecule is Cc1ccc2c(NS(=O)(=O)CCC(C)(F)F)c(F)ccc2c1Oc1ncccc1-c1ccnc(NC2CC(F)CN(C(=O)OC(C)(C)C)C2)n1. The lowest BCUT2D eigenvalue weighted by Gasteiger charge is -2.36. The highest BCUT2D eigenvalue weighted by Gasteiger charge is 2.33. The number of alkyl halides is 3. The van der Waals surface area contributed by atoms with Crippen molar-refractivity contribution in [3.05, 3.63) is 66.2 Å². The second-order valence-electron chi connectivity index (χ2n) is 13.3. The first kappa shape index (κ1) is 36.5. The van der Waals surface area contributed by atoms with Crippen LogP contribution in [0, 0.1) is 12.7 Å². The minimum Gasteiger partial charge on any atom is -0.444 e. The normalized spacial score (nSPS) is 17.0. The van der Waals surface area contributed by atoms with Crippen LogP contribution in [0.15, 0.2) is 54.9 Å². The molecule has 50 heavy (non-hydrogen) atoms. The van der Waals surface area contributed by atoms with E-state index in [9.17, 15) is 26.4 Å². The molecule has 3 heterocycles. The number of amides is 1. The van der Waals surface area contributed by atoms with Gasteiger partial charge in [0.05, 0.1) is 29.2 Å². The van der Waals surface area contributed by atoms with Crippen molar-refractivity contribution in [3.63, 3.8) is 0 Å². The Morgan fingerprint density at radius 2 is 1.76 bits per heavy atom. The lowest BCUT2D eigenvalue weighted by Crippen LogP contribution is -2.51. The largest absolute Gasteiger partial charge is 0.444 e. The average molecular weight is 719 g/mol. The molecular formula is C34H38F4N6O5S.